The van der Waals surface area contributed by atoms with Crippen LogP contribution in [0.25, 0.3) is 0 Å². The molecule has 1 aromatic rings. The van der Waals surface area contributed by atoms with Crippen molar-refractivity contribution in [2.45, 2.75) is 19.4 Å². The van der Waals surface area contributed by atoms with Crippen molar-refractivity contribution in [2.75, 3.05) is 0 Å². The molecule has 1 amide bonds. The number of nitrogens with two attached hydrogens (primary N) is 1. The van der Waals surface area contributed by atoms with Gasteiger partial charge in [0.25, 0.3) is 5.91 Å². The molecular formula is C11H13ClFN3O2. The monoisotopic (exact) mass is 273 g/mol. The summed E-state index contributed by atoms with van der Waals surface area (Å²) in [4.78, 5) is 11.7. The van der Waals surface area contributed by atoms with Crippen molar-refractivity contribution in [3.05, 3.63) is 34.6 Å². The topological polar surface area (TPSA) is 87.7 Å². The average molecular weight is 274 g/mol. The van der Waals surface area contributed by atoms with E-state index in [0.29, 0.717) is 0 Å². The van der Waals surface area contributed by atoms with Crippen LogP contribution >= 0.6 is 11.6 Å². The first-order valence-corrected chi connectivity index (χ1v) is 5.54. The van der Waals surface area contributed by atoms with Crippen LogP contribution in [-0.4, -0.2) is 23.0 Å². The number of carbonyl (C=O) groups is 1. The fraction of sp³-hybridized carbons (Fsp3) is 0.273. The summed E-state index contributed by atoms with van der Waals surface area (Å²) < 4.78 is 13.4. The van der Waals surface area contributed by atoms with Crippen LogP contribution < -0.4 is 11.1 Å². The second-order valence-electron chi connectivity index (χ2n) is 3.79. The van der Waals surface area contributed by atoms with Crippen molar-refractivity contribution >= 4 is 23.3 Å². The van der Waals surface area contributed by atoms with Crippen LogP contribution in [0.1, 0.15) is 23.7 Å². The zero-order valence-electron chi connectivity index (χ0n) is 9.65. The van der Waals surface area contributed by atoms with Gasteiger partial charge in [-0.3, -0.25) is 4.79 Å². The quantitative estimate of drug-likeness (QED) is 0.338. The largest absolute Gasteiger partial charge is 0.409 e. The molecule has 98 valence electrons. The summed E-state index contributed by atoms with van der Waals surface area (Å²) in [6.07, 6.45) is 0.164. The number of hydrogen-bond acceptors (Lipinski definition) is 3. The molecule has 1 atom stereocenters. The summed E-state index contributed by atoms with van der Waals surface area (Å²) in [7, 11) is 0. The molecule has 0 heterocycles. The summed E-state index contributed by atoms with van der Waals surface area (Å²) in [5.41, 5.74) is 5.19. The van der Waals surface area contributed by atoms with E-state index >= 15 is 0 Å². The molecule has 1 aromatic carbocycles. The maximum atomic E-state index is 13.4. The zero-order valence-corrected chi connectivity index (χ0v) is 10.4. The van der Waals surface area contributed by atoms with Crippen molar-refractivity contribution in [1.82, 2.24) is 5.32 Å². The first-order chi connectivity index (χ1) is 8.43. The molecule has 0 aliphatic rings. The Bertz CT molecular complexity index is 479. The molecule has 0 aromatic heterocycles. The van der Waals surface area contributed by atoms with Gasteiger partial charge in [-0.05, 0) is 25.1 Å². The van der Waals surface area contributed by atoms with E-state index in [2.05, 4.69) is 10.5 Å². The molecule has 18 heavy (non-hydrogen) atoms. The average Bonchev–Trinajstić information content (AvgIpc) is 2.28. The second-order valence-corrected chi connectivity index (χ2v) is 4.23. The number of amides is 1. The Morgan fingerprint density at radius 1 is 1.67 bits per heavy atom. The van der Waals surface area contributed by atoms with Gasteiger partial charge in [-0.2, -0.15) is 0 Å². The lowest BCUT2D eigenvalue weighted by molar-refractivity contribution is 0.0937. The van der Waals surface area contributed by atoms with Crippen molar-refractivity contribution in [2.24, 2.45) is 10.9 Å². The summed E-state index contributed by atoms with van der Waals surface area (Å²) in [5, 5.41) is 13.9. The lowest BCUT2D eigenvalue weighted by Gasteiger charge is -2.13. The van der Waals surface area contributed by atoms with E-state index in [1.807, 2.05) is 0 Å². The third-order valence-electron chi connectivity index (χ3n) is 2.20. The van der Waals surface area contributed by atoms with Gasteiger partial charge in [-0.25, -0.2) is 4.39 Å². The fourth-order valence-corrected chi connectivity index (χ4v) is 1.54. The van der Waals surface area contributed by atoms with E-state index in [9.17, 15) is 9.18 Å². The lowest BCUT2D eigenvalue weighted by atomic mass is 10.1. The number of halogens is 2. The highest BCUT2D eigenvalue weighted by atomic mass is 35.5. The van der Waals surface area contributed by atoms with E-state index < -0.39 is 11.7 Å². The molecule has 7 heteroatoms. The van der Waals surface area contributed by atoms with Crippen LogP contribution in [-0.2, 0) is 0 Å². The predicted molar refractivity (Wildman–Crippen MR) is 66.4 cm³/mol. The van der Waals surface area contributed by atoms with E-state index in [1.165, 1.54) is 12.1 Å². The minimum atomic E-state index is -0.698. The Kier molecular flexibility index (Phi) is 4.91. The van der Waals surface area contributed by atoms with Gasteiger partial charge in [0.15, 0.2) is 0 Å². The minimum absolute atomic E-state index is 0.0145. The summed E-state index contributed by atoms with van der Waals surface area (Å²) in [6.45, 7) is 1.66. The molecule has 0 spiro atoms. The van der Waals surface area contributed by atoms with Gasteiger partial charge in [0.1, 0.15) is 11.7 Å². The highest BCUT2D eigenvalue weighted by molar-refractivity contribution is 6.30. The van der Waals surface area contributed by atoms with Crippen LogP contribution in [0.15, 0.2) is 23.4 Å². The van der Waals surface area contributed by atoms with Crippen molar-refractivity contribution in [1.29, 1.82) is 0 Å². The smallest absolute Gasteiger partial charge is 0.254 e. The Labute approximate surface area is 108 Å². The fourth-order valence-electron chi connectivity index (χ4n) is 1.38. The SMILES string of the molecule is CC(CC(N)=NO)NC(=O)c1ccc(Cl)cc1F. The molecule has 0 aliphatic heterocycles. The predicted octanol–water partition coefficient (Wildman–Crippen LogP) is 1.73. The van der Waals surface area contributed by atoms with Crippen molar-refractivity contribution < 1.29 is 14.4 Å². The molecular weight excluding hydrogens is 261 g/mol. The van der Waals surface area contributed by atoms with Crippen molar-refractivity contribution in [3.8, 4) is 0 Å². The molecule has 0 radical (unpaired) electrons. The van der Waals surface area contributed by atoms with Gasteiger partial charge >= 0.3 is 0 Å². The Morgan fingerprint density at radius 2 is 2.33 bits per heavy atom. The Balaban J connectivity index is 2.71. The van der Waals surface area contributed by atoms with Gasteiger partial charge in [-0.15, -0.1) is 0 Å². The van der Waals surface area contributed by atoms with Gasteiger partial charge < -0.3 is 16.3 Å². The molecule has 0 saturated carbocycles. The Morgan fingerprint density at radius 3 is 2.89 bits per heavy atom. The number of rotatable bonds is 4. The number of oxime groups is 1. The third-order valence-corrected chi connectivity index (χ3v) is 2.43. The van der Waals surface area contributed by atoms with Gasteiger partial charge in [0, 0.05) is 17.5 Å². The molecule has 0 bridgehead atoms. The third kappa shape index (κ3) is 3.89. The second kappa shape index (κ2) is 6.20. The summed E-state index contributed by atoms with van der Waals surface area (Å²) >= 11 is 5.58. The van der Waals surface area contributed by atoms with Crippen LogP contribution in [0.3, 0.4) is 0 Å². The van der Waals surface area contributed by atoms with E-state index in [-0.39, 0.29) is 28.9 Å². The molecule has 5 nitrogen and oxygen atoms in total. The number of hydrogen-bond donors (Lipinski definition) is 3. The van der Waals surface area contributed by atoms with Crippen LogP contribution in [0, 0.1) is 5.82 Å². The van der Waals surface area contributed by atoms with Gasteiger partial charge in [0.2, 0.25) is 0 Å². The van der Waals surface area contributed by atoms with Gasteiger partial charge in [0.05, 0.1) is 5.56 Å². The first kappa shape index (κ1) is 14.2. The highest BCUT2D eigenvalue weighted by Gasteiger charge is 2.15. The maximum absolute atomic E-state index is 13.4. The molecule has 1 unspecified atom stereocenters. The molecule has 0 fully saturated rings. The molecule has 1 rings (SSSR count). The number of nitrogens with one attached hydrogen (secondary N) is 1. The Hall–Kier alpha value is -1.82. The molecule has 4 N–H and O–H groups in total. The maximum Gasteiger partial charge on any atom is 0.254 e. The number of amidine groups is 1. The molecule has 0 aliphatic carbocycles. The lowest BCUT2D eigenvalue weighted by Crippen LogP contribution is -2.36. The van der Waals surface area contributed by atoms with Crippen LogP contribution in [0.4, 0.5) is 4.39 Å². The number of benzene rings is 1. The summed E-state index contributed by atoms with van der Waals surface area (Å²) in [5.74, 6) is -1.29. The van der Waals surface area contributed by atoms with Crippen molar-refractivity contribution in [3.63, 3.8) is 0 Å². The standard InChI is InChI=1S/C11H13ClFN3O2/c1-6(4-10(14)16-18)15-11(17)8-3-2-7(12)5-9(8)13/h2-3,5-6,18H,4H2,1H3,(H2,14,16)(H,15,17). The van der Waals surface area contributed by atoms with E-state index in [1.54, 1.807) is 6.92 Å². The molecule has 0 saturated heterocycles. The number of nitrogens with zero attached hydrogens (tertiary/aromatic N) is 1. The minimum Gasteiger partial charge on any atom is -0.409 e. The van der Waals surface area contributed by atoms with E-state index in [4.69, 9.17) is 22.5 Å². The van der Waals surface area contributed by atoms with Gasteiger partial charge in [-0.1, -0.05) is 16.8 Å². The van der Waals surface area contributed by atoms with Crippen LogP contribution in [0.5, 0.6) is 0 Å². The van der Waals surface area contributed by atoms with Crippen LogP contribution in [0.2, 0.25) is 5.02 Å². The number of carbonyl (C=O) groups excluding carboxylic acids is 1. The summed E-state index contributed by atoms with van der Waals surface area (Å²) in [6, 6.07) is 3.39. The normalized spacial score (nSPS) is 13.2. The highest BCUT2D eigenvalue weighted by Crippen LogP contribution is 2.14. The zero-order chi connectivity index (χ0) is 13.7. The van der Waals surface area contributed by atoms with E-state index in [0.717, 1.165) is 6.07 Å². The first-order valence-electron chi connectivity index (χ1n) is 5.16.